The second kappa shape index (κ2) is 8.46. The van der Waals surface area contributed by atoms with E-state index in [9.17, 15) is 13.2 Å². The van der Waals surface area contributed by atoms with Gasteiger partial charge in [-0.2, -0.15) is 5.10 Å². The van der Waals surface area contributed by atoms with E-state index in [1.54, 1.807) is 13.8 Å². The lowest BCUT2D eigenvalue weighted by molar-refractivity contribution is 0.0952. The highest BCUT2D eigenvalue weighted by Gasteiger charge is 2.15. The second-order valence-electron chi connectivity index (χ2n) is 6.56. The Morgan fingerprint density at radius 2 is 1.85 bits per heavy atom. The molecular formula is C18H26N4O3S. The zero-order valence-electron chi connectivity index (χ0n) is 15.6. The Morgan fingerprint density at radius 3 is 2.38 bits per heavy atom. The van der Waals surface area contributed by atoms with Crippen LogP contribution in [0.25, 0.3) is 0 Å². The lowest BCUT2D eigenvalue weighted by atomic mass is 10.2. The molecule has 0 saturated carbocycles. The van der Waals surface area contributed by atoms with Crippen molar-refractivity contribution in [1.29, 1.82) is 0 Å². The summed E-state index contributed by atoms with van der Waals surface area (Å²) in [6.45, 7) is 8.72. The minimum Gasteiger partial charge on any atom is -0.352 e. The molecule has 0 spiro atoms. The minimum atomic E-state index is -3.55. The maximum atomic E-state index is 12.2. The van der Waals surface area contributed by atoms with Gasteiger partial charge in [0.2, 0.25) is 10.0 Å². The van der Waals surface area contributed by atoms with Gasteiger partial charge in [0.05, 0.1) is 10.6 Å². The minimum absolute atomic E-state index is 0.146. The maximum absolute atomic E-state index is 12.2. The smallest absolute Gasteiger partial charge is 0.251 e. The Labute approximate surface area is 154 Å². The van der Waals surface area contributed by atoms with Gasteiger partial charge in [-0.3, -0.25) is 9.48 Å². The van der Waals surface area contributed by atoms with Crippen LogP contribution in [0.1, 0.15) is 42.0 Å². The van der Waals surface area contributed by atoms with E-state index < -0.39 is 10.0 Å². The monoisotopic (exact) mass is 378 g/mol. The van der Waals surface area contributed by atoms with E-state index in [2.05, 4.69) is 15.1 Å². The van der Waals surface area contributed by atoms with Crippen LogP contribution in [-0.4, -0.2) is 36.7 Å². The molecule has 0 fully saturated rings. The number of hydrogen-bond acceptors (Lipinski definition) is 4. The fourth-order valence-corrected chi connectivity index (χ4v) is 3.85. The molecule has 8 heteroatoms. The van der Waals surface area contributed by atoms with Gasteiger partial charge in [0, 0.05) is 30.4 Å². The number of nitrogens with zero attached hydrogens (tertiary/aromatic N) is 2. The molecule has 0 aliphatic carbocycles. The third-order valence-corrected chi connectivity index (χ3v) is 5.43. The van der Waals surface area contributed by atoms with Crippen molar-refractivity contribution >= 4 is 15.9 Å². The van der Waals surface area contributed by atoms with Crippen LogP contribution in [0.5, 0.6) is 0 Å². The molecule has 0 radical (unpaired) electrons. The molecule has 0 atom stereocenters. The summed E-state index contributed by atoms with van der Waals surface area (Å²) in [7, 11) is -3.55. The number of benzene rings is 1. The Morgan fingerprint density at radius 1 is 1.19 bits per heavy atom. The van der Waals surface area contributed by atoms with Crippen molar-refractivity contribution in [2.24, 2.45) is 0 Å². The highest BCUT2D eigenvalue weighted by atomic mass is 32.2. The van der Waals surface area contributed by atoms with E-state index in [0.717, 1.165) is 24.4 Å². The number of amides is 1. The average Bonchev–Trinajstić information content (AvgIpc) is 2.88. The topological polar surface area (TPSA) is 93.1 Å². The molecule has 1 heterocycles. The lowest BCUT2D eigenvalue weighted by Crippen LogP contribution is -2.30. The van der Waals surface area contributed by atoms with Gasteiger partial charge in [0.15, 0.2) is 0 Å². The summed E-state index contributed by atoms with van der Waals surface area (Å²) in [5, 5.41) is 7.22. The van der Waals surface area contributed by atoms with E-state index in [1.165, 1.54) is 24.3 Å². The predicted molar refractivity (Wildman–Crippen MR) is 101 cm³/mol. The van der Waals surface area contributed by atoms with Crippen LogP contribution < -0.4 is 10.0 Å². The highest BCUT2D eigenvalue weighted by Crippen LogP contribution is 2.11. The van der Waals surface area contributed by atoms with Crippen LogP contribution >= 0.6 is 0 Å². The van der Waals surface area contributed by atoms with Gasteiger partial charge in [-0.25, -0.2) is 13.1 Å². The summed E-state index contributed by atoms with van der Waals surface area (Å²) < 4.78 is 28.6. The Balaban J connectivity index is 1.87. The summed E-state index contributed by atoms with van der Waals surface area (Å²) in [6.07, 6.45) is 0.762. The molecular weight excluding hydrogens is 352 g/mol. The number of aromatic nitrogens is 2. The van der Waals surface area contributed by atoms with Gasteiger partial charge in [-0.15, -0.1) is 0 Å². The van der Waals surface area contributed by atoms with Gasteiger partial charge < -0.3 is 5.32 Å². The van der Waals surface area contributed by atoms with Gasteiger partial charge in [0.25, 0.3) is 5.91 Å². The first-order valence-corrected chi connectivity index (χ1v) is 10.1. The normalized spacial score (nSPS) is 11.7. The zero-order valence-corrected chi connectivity index (χ0v) is 16.4. The molecule has 0 bridgehead atoms. The van der Waals surface area contributed by atoms with E-state index in [4.69, 9.17) is 0 Å². The van der Waals surface area contributed by atoms with Gasteiger partial charge >= 0.3 is 0 Å². The Kier molecular flexibility index (Phi) is 6.55. The van der Waals surface area contributed by atoms with Crippen molar-refractivity contribution in [3.63, 3.8) is 0 Å². The third-order valence-electron chi connectivity index (χ3n) is 3.75. The molecule has 1 aromatic carbocycles. The number of sulfonamides is 1. The summed E-state index contributed by atoms with van der Waals surface area (Å²) in [5.74, 6) is -0.223. The number of carbonyl (C=O) groups excluding carboxylic acids is 1. The van der Waals surface area contributed by atoms with Crippen molar-refractivity contribution < 1.29 is 13.2 Å². The van der Waals surface area contributed by atoms with E-state index >= 15 is 0 Å². The molecule has 2 aromatic rings. The summed E-state index contributed by atoms with van der Waals surface area (Å²) >= 11 is 0. The van der Waals surface area contributed by atoms with Crippen molar-refractivity contribution in [1.82, 2.24) is 19.8 Å². The number of aryl methyl sites for hydroxylation is 3. The third kappa shape index (κ3) is 5.40. The second-order valence-corrected chi connectivity index (χ2v) is 8.27. The first-order valence-electron chi connectivity index (χ1n) is 8.60. The summed E-state index contributed by atoms with van der Waals surface area (Å²) in [5.41, 5.74) is 2.51. The molecule has 1 amide bonds. The first kappa shape index (κ1) is 20.1. The summed E-state index contributed by atoms with van der Waals surface area (Å²) in [6, 6.07) is 7.74. The lowest BCUT2D eigenvalue weighted by Gasteiger charge is -2.10. The van der Waals surface area contributed by atoms with Crippen LogP contribution in [0.2, 0.25) is 0 Å². The molecule has 0 aliphatic rings. The van der Waals surface area contributed by atoms with Crippen molar-refractivity contribution in [2.75, 3.05) is 6.54 Å². The fourth-order valence-electron chi connectivity index (χ4n) is 2.60. The SMILES string of the molecule is Cc1cc(C)n(CCCNC(=O)c2ccc(S(=O)(=O)NC(C)C)cc2)n1. The molecule has 26 heavy (non-hydrogen) atoms. The van der Waals surface area contributed by atoms with E-state index in [-0.39, 0.29) is 16.8 Å². The van der Waals surface area contributed by atoms with Crippen LogP contribution in [-0.2, 0) is 16.6 Å². The van der Waals surface area contributed by atoms with Crippen LogP contribution in [0.3, 0.4) is 0 Å². The average molecular weight is 378 g/mol. The molecule has 0 unspecified atom stereocenters. The van der Waals surface area contributed by atoms with E-state index in [1.807, 2.05) is 24.6 Å². The van der Waals surface area contributed by atoms with Gasteiger partial charge in [0.1, 0.15) is 0 Å². The van der Waals surface area contributed by atoms with Crippen LogP contribution in [0.15, 0.2) is 35.2 Å². The predicted octanol–water partition coefficient (Wildman–Crippen LogP) is 2.01. The molecule has 1 aromatic heterocycles. The molecule has 142 valence electrons. The fraction of sp³-hybridized carbons (Fsp3) is 0.444. The number of hydrogen-bond donors (Lipinski definition) is 2. The molecule has 7 nitrogen and oxygen atoms in total. The molecule has 2 N–H and O–H groups in total. The standard InChI is InChI=1S/C18H26N4O3S/c1-13(2)21-26(24,25)17-8-6-16(7-9-17)18(23)19-10-5-11-22-15(4)12-14(3)20-22/h6-9,12-13,21H,5,10-11H2,1-4H3,(H,19,23). The zero-order chi connectivity index (χ0) is 19.3. The number of rotatable bonds is 8. The summed E-state index contributed by atoms with van der Waals surface area (Å²) in [4.78, 5) is 12.3. The quantitative estimate of drug-likeness (QED) is 0.687. The molecule has 0 aliphatic heterocycles. The largest absolute Gasteiger partial charge is 0.352 e. The molecule has 2 rings (SSSR count). The molecule has 0 saturated heterocycles. The van der Waals surface area contributed by atoms with Gasteiger partial charge in [-0.05, 0) is 64.4 Å². The Hall–Kier alpha value is -2.19. The number of carbonyl (C=O) groups is 1. The van der Waals surface area contributed by atoms with Crippen molar-refractivity contribution in [2.45, 2.75) is 51.6 Å². The Bertz CT molecular complexity index is 855. The maximum Gasteiger partial charge on any atom is 0.251 e. The van der Waals surface area contributed by atoms with E-state index in [0.29, 0.717) is 12.1 Å². The highest BCUT2D eigenvalue weighted by molar-refractivity contribution is 7.89. The number of nitrogens with one attached hydrogen (secondary N) is 2. The van der Waals surface area contributed by atoms with Crippen molar-refractivity contribution in [3.8, 4) is 0 Å². The van der Waals surface area contributed by atoms with Crippen LogP contribution in [0, 0.1) is 13.8 Å². The van der Waals surface area contributed by atoms with Gasteiger partial charge in [-0.1, -0.05) is 0 Å². The van der Waals surface area contributed by atoms with Crippen molar-refractivity contribution in [3.05, 3.63) is 47.3 Å². The first-order chi connectivity index (χ1) is 12.2. The van der Waals surface area contributed by atoms with Crippen LogP contribution in [0.4, 0.5) is 0 Å².